The van der Waals surface area contributed by atoms with Crippen LogP contribution in [0.5, 0.6) is 0 Å². The van der Waals surface area contributed by atoms with Crippen molar-refractivity contribution in [3.63, 3.8) is 0 Å². The number of benzene rings is 1. The van der Waals surface area contributed by atoms with Crippen LogP contribution in [0.4, 0.5) is 0 Å². The molecule has 0 spiro atoms. The van der Waals surface area contributed by atoms with Crippen LogP contribution in [0.2, 0.25) is 6.04 Å². The van der Waals surface area contributed by atoms with Crippen molar-refractivity contribution in [1.82, 2.24) is 4.90 Å². The quantitative estimate of drug-likeness (QED) is 0.145. The molecule has 0 aliphatic carbocycles. The van der Waals surface area contributed by atoms with Crippen LogP contribution in [0.25, 0.3) is 0 Å². The van der Waals surface area contributed by atoms with Gasteiger partial charge in [0.15, 0.2) is 0 Å². The third kappa shape index (κ3) is 5.90. The molecule has 0 bridgehead atoms. The highest BCUT2D eigenvalue weighted by molar-refractivity contribution is 7.94. The van der Waals surface area contributed by atoms with E-state index in [0.29, 0.717) is 31.1 Å². The highest BCUT2D eigenvalue weighted by Gasteiger charge is 2.37. The van der Waals surface area contributed by atoms with Crippen molar-refractivity contribution in [1.29, 1.82) is 0 Å². The zero-order valence-electron chi connectivity index (χ0n) is 17.6. The van der Waals surface area contributed by atoms with Crippen LogP contribution >= 0.6 is 12.0 Å². The molecule has 1 amide bonds. The number of hydrogen-bond acceptors (Lipinski definition) is 9. The van der Waals surface area contributed by atoms with E-state index >= 15 is 0 Å². The molecule has 0 aromatic heterocycles. The third-order valence-corrected chi connectivity index (χ3v) is 8.32. The van der Waals surface area contributed by atoms with Crippen molar-refractivity contribution in [2.45, 2.75) is 18.9 Å². The Morgan fingerprint density at radius 2 is 1.63 bits per heavy atom. The standard InChI is InChI=1S/C19H27NO8SSi/c1-24-29-11-5-9-20(10-6-12-30(25-2,26-3)27-4)17(21)14-7-8-15-16(13-14)19(23)28-18(15)22/h7-8,13H,5-6,9-12H2,1-4H3. The predicted molar refractivity (Wildman–Crippen MR) is 112 cm³/mol. The Labute approximate surface area is 181 Å². The van der Waals surface area contributed by atoms with Crippen molar-refractivity contribution in [3.8, 4) is 0 Å². The van der Waals surface area contributed by atoms with Gasteiger partial charge in [0.1, 0.15) is 0 Å². The minimum Gasteiger partial charge on any atom is -0.386 e. The Morgan fingerprint density at radius 1 is 1.00 bits per heavy atom. The van der Waals surface area contributed by atoms with Gasteiger partial charge in [-0.3, -0.25) is 4.79 Å². The van der Waals surface area contributed by atoms with Crippen LogP contribution in [0.15, 0.2) is 18.2 Å². The topological polar surface area (TPSA) is 101 Å². The van der Waals surface area contributed by atoms with Crippen molar-refractivity contribution < 1.29 is 36.6 Å². The number of carbonyl (C=O) groups is 3. The van der Waals surface area contributed by atoms with E-state index in [9.17, 15) is 14.4 Å². The molecular weight excluding hydrogens is 430 g/mol. The average Bonchev–Trinajstić information content (AvgIpc) is 3.05. The molecule has 11 heteroatoms. The SMILES string of the molecule is COSCCCN(CCC[Si](OC)(OC)OC)C(=O)c1ccc2c(c1)C(=O)OC2=O. The van der Waals surface area contributed by atoms with Crippen LogP contribution in [-0.2, 0) is 22.2 Å². The molecule has 9 nitrogen and oxygen atoms in total. The van der Waals surface area contributed by atoms with Crippen molar-refractivity contribution in [2.24, 2.45) is 0 Å². The van der Waals surface area contributed by atoms with Gasteiger partial charge in [-0.2, -0.15) is 0 Å². The number of amides is 1. The van der Waals surface area contributed by atoms with Crippen LogP contribution < -0.4 is 0 Å². The minimum atomic E-state index is -2.73. The second kappa shape index (κ2) is 11.6. The molecule has 1 aliphatic heterocycles. The normalized spacial score (nSPS) is 13.3. The summed E-state index contributed by atoms with van der Waals surface area (Å²) in [6, 6.07) is 4.96. The maximum atomic E-state index is 13.1. The Kier molecular flexibility index (Phi) is 9.46. The monoisotopic (exact) mass is 457 g/mol. The smallest absolute Gasteiger partial charge is 0.386 e. The molecule has 2 rings (SSSR count). The van der Waals surface area contributed by atoms with Gasteiger partial charge in [0.2, 0.25) is 0 Å². The molecule has 1 heterocycles. The van der Waals surface area contributed by atoms with E-state index in [-0.39, 0.29) is 17.0 Å². The largest absolute Gasteiger partial charge is 0.500 e. The van der Waals surface area contributed by atoms with E-state index < -0.39 is 20.7 Å². The third-order valence-electron chi connectivity index (χ3n) is 4.80. The number of nitrogens with zero attached hydrogens (tertiary/aromatic N) is 1. The van der Waals surface area contributed by atoms with E-state index in [1.807, 2.05) is 0 Å². The second-order valence-corrected chi connectivity index (χ2v) is 10.5. The predicted octanol–water partition coefficient (Wildman–Crippen LogP) is 2.39. The first-order valence-electron chi connectivity index (χ1n) is 9.42. The molecule has 0 fully saturated rings. The lowest BCUT2D eigenvalue weighted by Gasteiger charge is -2.27. The first-order chi connectivity index (χ1) is 14.4. The number of ether oxygens (including phenoxy) is 1. The van der Waals surface area contributed by atoms with Crippen molar-refractivity contribution >= 4 is 38.7 Å². The molecule has 0 radical (unpaired) electrons. The Balaban J connectivity index is 2.11. The van der Waals surface area contributed by atoms with E-state index in [4.69, 9.17) is 17.5 Å². The maximum Gasteiger partial charge on any atom is 0.500 e. The van der Waals surface area contributed by atoms with Gasteiger partial charge in [-0.05, 0) is 43.1 Å². The molecule has 0 unspecified atom stereocenters. The van der Waals surface area contributed by atoms with E-state index in [1.54, 1.807) is 33.3 Å². The number of rotatable bonds is 13. The molecule has 0 saturated carbocycles. The molecule has 1 aromatic rings. The van der Waals surface area contributed by atoms with Gasteiger partial charge in [0.05, 0.1) is 18.2 Å². The summed E-state index contributed by atoms with van der Waals surface area (Å²) in [6.45, 7) is 0.971. The summed E-state index contributed by atoms with van der Waals surface area (Å²) in [6.07, 6.45) is 1.35. The van der Waals surface area contributed by atoms with Gasteiger partial charge in [-0.25, -0.2) is 9.59 Å². The van der Waals surface area contributed by atoms with Crippen LogP contribution in [0.3, 0.4) is 0 Å². The summed E-state index contributed by atoms with van der Waals surface area (Å²) in [5, 5.41) is 0. The highest BCUT2D eigenvalue weighted by Crippen LogP contribution is 2.23. The summed E-state index contributed by atoms with van der Waals surface area (Å²) >= 11 is 1.32. The van der Waals surface area contributed by atoms with Gasteiger partial charge < -0.3 is 27.1 Å². The fourth-order valence-electron chi connectivity index (χ4n) is 3.16. The Morgan fingerprint density at radius 3 is 2.27 bits per heavy atom. The second-order valence-electron chi connectivity index (χ2n) is 6.47. The van der Waals surface area contributed by atoms with Crippen LogP contribution in [0.1, 0.15) is 43.9 Å². The zero-order chi connectivity index (χ0) is 22.1. The lowest BCUT2D eigenvalue weighted by atomic mass is 10.0. The fourth-order valence-corrected chi connectivity index (χ4v) is 5.27. The van der Waals surface area contributed by atoms with Gasteiger partial charge in [0.25, 0.3) is 5.91 Å². The van der Waals surface area contributed by atoms with Gasteiger partial charge in [-0.15, -0.1) is 0 Å². The van der Waals surface area contributed by atoms with Crippen molar-refractivity contribution in [2.75, 3.05) is 47.3 Å². The van der Waals surface area contributed by atoms with Gasteiger partial charge in [0, 0.05) is 51.8 Å². The maximum absolute atomic E-state index is 13.1. The lowest BCUT2D eigenvalue weighted by Crippen LogP contribution is -2.43. The highest BCUT2D eigenvalue weighted by atomic mass is 32.2. The molecule has 30 heavy (non-hydrogen) atoms. The number of hydrogen-bond donors (Lipinski definition) is 0. The number of carbonyl (C=O) groups excluding carboxylic acids is 3. The van der Waals surface area contributed by atoms with E-state index in [1.165, 1.54) is 30.2 Å². The van der Waals surface area contributed by atoms with E-state index in [2.05, 4.69) is 4.74 Å². The molecular formula is C19H27NO8SSi. The average molecular weight is 458 g/mol. The number of cyclic esters (lactones) is 2. The molecule has 1 aliphatic rings. The van der Waals surface area contributed by atoms with Crippen molar-refractivity contribution in [3.05, 3.63) is 34.9 Å². The number of esters is 2. The van der Waals surface area contributed by atoms with Crippen LogP contribution in [-0.4, -0.2) is 78.8 Å². The molecule has 0 atom stereocenters. The Hall–Kier alpha value is -1.76. The van der Waals surface area contributed by atoms with E-state index in [0.717, 1.165) is 12.2 Å². The lowest BCUT2D eigenvalue weighted by molar-refractivity contribution is 0.0443. The van der Waals surface area contributed by atoms with Crippen LogP contribution in [0, 0.1) is 0 Å². The summed E-state index contributed by atoms with van der Waals surface area (Å²) < 4.78 is 25.9. The molecule has 0 saturated heterocycles. The number of fused-ring (bicyclic) bond motifs is 1. The van der Waals surface area contributed by atoms with Gasteiger partial charge >= 0.3 is 20.7 Å². The summed E-state index contributed by atoms with van der Waals surface area (Å²) in [5.41, 5.74) is 0.620. The Bertz CT molecular complexity index is 763. The minimum absolute atomic E-state index is 0.116. The molecule has 166 valence electrons. The zero-order valence-corrected chi connectivity index (χ0v) is 19.4. The first-order valence-corrected chi connectivity index (χ1v) is 12.3. The van der Waals surface area contributed by atoms with Gasteiger partial charge in [-0.1, -0.05) is 0 Å². The first kappa shape index (κ1) is 24.5. The summed E-state index contributed by atoms with van der Waals surface area (Å²) in [7, 11) is 3.52. The fraction of sp³-hybridized carbons (Fsp3) is 0.526. The molecule has 1 aromatic carbocycles. The molecule has 0 N–H and O–H groups in total. The summed E-state index contributed by atoms with van der Waals surface area (Å²) in [4.78, 5) is 38.3. The summed E-state index contributed by atoms with van der Waals surface area (Å²) in [5.74, 6) is -0.920.